The van der Waals surface area contributed by atoms with Crippen LogP contribution in [0.1, 0.15) is 21.6 Å². The van der Waals surface area contributed by atoms with Crippen molar-refractivity contribution >= 4 is 17.4 Å². The number of halogens is 2. The molecule has 0 fully saturated rings. The molecule has 3 rings (SSSR count). The number of para-hydroxylation sites is 1. The van der Waals surface area contributed by atoms with Gasteiger partial charge < -0.3 is 10.6 Å². The summed E-state index contributed by atoms with van der Waals surface area (Å²) in [7, 11) is 0. The van der Waals surface area contributed by atoms with Crippen LogP contribution in [0.5, 0.6) is 0 Å². The molecule has 1 heterocycles. The first kappa shape index (κ1) is 17.5. The first-order chi connectivity index (χ1) is 12.5. The molecule has 1 amide bonds. The van der Waals surface area contributed by atoms with Crippen molar-refractivity contribution in [3.8, 4) is 0 Å². The maximum Gasteiger partial charge on any atom is 0.271 e. The monoisotopic (exact) mass is 354 g/mol. The van der Waals surface area contributed by atoms with Crippen molar-refractivity contribution in [3.63, 3.8) is 0 Å². The third-order valence-corrected chi connectivity index (χ3v) is 3.67. The number of hydrogen-bond acceptors (Lipinski definition) is 4. The normalized spacial score (nSPS) is 10.4. The Morgan fingerprint density at radius 2 is 1.69 bits per heavy atom. The first-order valence-electron chi connectivity index (χ1n) is 7.90. The van der Waals surface area contributed by atoms with Crippen LogP contribution in [0.25, 0.3) is 0 Å². The van der Waals surface area contributed by atoms with Gasteiger partial charge >= 0.3 is 0 Å². The quantitative estimate of drug-likeness (QED) is 0.733. The van der Waals surface area contributed by atoms with E-state index in [4.69, 9.17) is 0 Å². The van der Waals surface area contributed by atoms with E-state index in [2.05, 4.69) is 20.6 Å². The predicted molar refractivity (Wildman–Crippen MR) is 94.0 cm³/mol. The maximum atomic E-state index is 13.6. The lowest BCUT2D eigenvalue weighted by Crippen LogP contribution is -2.24. The van der Waals surface area contributed by atoms with E-state index >= 15 is 0 Å². The summed E-state index contributed by atoms with van der Waals surface area (Å²) < 4.78 is 27.2. The molecule has 0 unspecified atom stereocenters. The van der Waals surface area contributed by atoms with Crippen LogP contribution in [0.15, 0.2) is 54.9 Å². The Bertz CT molecular complexity index is 892. The van der Waals surface area contributed by atoms with Gasteiger partial charge in [-0.2, -0.15) is 0 Å². The van der Waals surface area contributed by atoms with Gasteiger partial charge in [-0.15, -0.1) is 0 Å². The summed E-state index contributed by atoms with van der Waals surface area (Å²) in [5, 5.41) is 5.25. The van der Waals surface area contributed by atoms with Crippen molar-refractivity contribution < 1.29 is 13.6 Å². The highest BCUT2D eigenvalue weighted by molar-refractivity contribution is 5.92. The lowest BCUT2D eigenvalue weighted by atomic mass is 10.1. The molecule has 7 heteroatoms. The molecule has 0 saturated carbocycles. The van der Waals surface area contributed by atoms with Crippen LogP contribution in [0.2, 0.25) is 0 Å². The van der Waals surface area contributed by atoms with Gasteiger partial charge in [-0.25, -0.2) is 18.7 Å². The summed E-state index contributed by atoms with van der Waals surface area (Å²) in [6.45, 7) is 2.35. The van der Waals surface area contributed by atoms with Crippen molar-refractivity contribution in [2.24, 2.45) is 0 Å². The fraction of sp³-hybridized carbons (Fsp3) is 0.105. The Morgan fingerprint density at radius 1 is 1.00 bits per heavy atom. The van der Waals surface area contributed by atoms with Crippen molar-refractivity contribution in [3.05, 3.63) is 83.3 Å². The highest BCUT2D eigenvalue weighted by atomic mass is 19.1. The van der Waals surface area contributed by atoms with E-state index in [1.807, 2.05) is 31.2 Å². The van der Waals surface area contributed by atoms with Gasteiger partial charge in [0.15, 0.2) is 0 Å². The van der Waals surface area contributed by atoms with Crippen molar-refractivity contribution in [1.82, 2.24) is 15.3 Å². The minimum Gasteiger partial charge on any atom is -0.347 e. The molecule has 2 N–H and O–H groups in total. The van der Waals surface area contributed by atoms with E-state index in [0.29, 0.717) is 6.54 Å². The van der Waals surface area contributed by atoms with E-state index in [0.717, 1.165) is 23.3 Å². The zero-order chi connectivity index (χ0) is 18.5. The van der Waals surface area contributed by atoms with Crippen molar-refractivity contribution in [2.45, 2.75) is 13.5 Å². The number of nitrogens with one attached hydrogen (secondary N) is 2. The number of aromatic nitrogens is 2. The molecule has 3 aromatic rings. The van der Waals surface area contributed by atoms with Gasteiger partial charge in [-0.1, -0.05) is 35.9 Å². The second-order valence-corrected chi connectivity index (χ2v) is 5.68. The van der Waals surface area contributed by atoms with Gasteiger partial charge in [0.2, 0.25) is 0 Å². The van der Waals surface area contributed by atoms with E-state index < -0.39 is 11.6 Å². The standard InChI is InChI=1S/C19H16F2N4O/c1-12-5-7-13(8-6-12)9-24-19(26)16-10-23-17(11-22-16)25-18-14(20)3-2-4-15(18)21/h2-8,10-11H,9H2,1H3,(H,23,25)(H,24,26). The molecule has 2 aromatic carbocycles. The number of rotatable bonds is 5. The SMILES string of the molecule is Cc1ccc(CNC(=O)c2cnc(Nc3c(F)cccc3F)cn2)cc1. The van der Waals surface area contributed by atoms with E-state index in [-0.39, 0.29) is 23.1 Å². The largest absolute Gasteiger partial charge is 0.347 e. The maximum absolute atomic E-state index is 13.6. The van der Waals surface area contributed by atoms with Gasteiger partial charge in [0.05, 0.1) is 12.4 Å². The number of anilines is 2. The minimum atomic E-state index is -0.744. The molecule has 1 aromatic heterocycles. The molecule has 5 nitrogen and oxygen atoms in total. The highest BCUT2D eigenvalue weighted by Crippen LogP contribution is 2.21. The zero-order valence-corrected chi connectivity index (χ0v) is 14.0. The molecule has 0 saturated heterocycles. The van der Waals surface area contributed by atoms with E-state index in [1.165, 1.54) is 18.5 Å². The van der Waals surface area contributed by atoms with E-state index in [1.54, 1.807) is 0 Å². The summed E-state index contributed by atoms with van der Waals surface area (Å²) in [6, 6.07) is 11.3. The molecule has 132 valence electrons. The topological polar surface area (TPSA) is 66.9 Å². The van der Waals surface area contributed by atoms with Crippen LogP contribution in [0.4, 0.5) is 20.3 Å². The van der Waals surface area contributed by atoms with Crippen LogP contribution in [0, 0.1) is 18.6 Å². The number of hydrogen-bond donors (Lipinski definition) is 2. The molecule has 0 aliphatic carbocycles. The molecule has 26 heavy (non-hydrogen) atoms. The number of carbonyl (C=O) groups excluding carboxylic acids is 1. The Hall–Kier alpha value is -3.35. The Morgan fingerprint density at radius 3 is 2.31 bits per heavy atom. The number of aryl methyl sites for hydroxylation is 1. The van der Waals surface area contributed by atoms with Crippen LogP contribution >= 0.6 is 0 Å². The smallest absolute Gasteiger partial charge is 0.271 e. The van der Waals surface area contributed by atoms with Gasteiger partial charge in [-0.3, -0.25) is 4.79 Å². The molecule has 0 atom stereocenters. The molecule has 0 radical (unpaired) electrons. The van der Waals surface area contributed by atoms with Gasteiger partial charge in [0, 0.05) is 6.54 Å². The number of amides is 1. The van der Waals surface area contributed by atoms with Crippen LogP contribution < -0.4 is 10.6 Å². The highest BCUT2D eigenvalue weighted by Gasteiger charge is 2.11. The number of nitrogens with zero attached hydrogens (tertiary/aromatic N) is 2. The van der Waals surface area contributed by atoms with Crippen LogP contribution in [-0.4, -0.2) is 15.9 Å². The van der Waals surface area contributed by atoms with Gasteiger partial charge in [0.1, 0.15) is 28.8 Å². The molecule has 0 bridgehead atoms. The summed E-state index contributed by atoms with van der Waals surface area (Å²) >= 11 is 0. The fourth-order valence-corrected chi connectivity index (χ4v) is 2.23. The average molecular weight is 354 g/mol. The fourth-order valence-electron chi connectivity index (χ4n) is 2.23. The second-order valence-electron chi connectivity index (χ2n) is 5.68. The van der Waals surface area contributed by atoms with Crippen molar-refractivity contribution in [2.75, 3.05) is 5.32 Å². The third-order valence-electron chi connectivity index (χ3n) is 3.67. The molecular formula is C19H16F2N4O. The number of benzene rings is 2. The zero-order valence-electron chi connectivity index (χ0n) is 14.0. The minimum absolute atomic E-state index is 0.108. The summed E-state index contributed by atoms with van der Waals surface area (Å²) in [6.07, 6.45) is 2.48. The Balaban J connectivity index is 1.63. The van der Waals surface area contributed by atoms with Crippen molar-refractivity contribution in [1.29, 1.82) is 0 Å². The lowest BCUT2D eigenvalue weighted by molar-refractivity contribution is 0.0945. The average Bonchev–Trinajstić information content (AvgIpc) is 2.65. The van der Waals surface area contributed by atoms with Crippen LogP contribution in [-0.2, 0) is 6.54 Å². The summed E-state index contributed by atoms with van der Waals surface area (Å²) in [5.74, 6) is -1.75. The van der Waals surface area contributed by atoms with E-state index in [9.17, 15) is 13.6 Å². The second kappa shape index (κ2) is 7.69. The lowest BCUT2D eigenvalue weighted by Gasteiger charge is -2.08. The number of carbonyl (C=O) groups is 1. The molecule has 0 aliphatic heterocycles. The molecule has 0 spiro atoms. The molecular weight excluding hydrogens is 338 g/mol. The van der Waals surface area contributed by atoms with Gasteiger partial charge in [-0.05, 0) is 24.6 Å². The summed E-state index contributed by atoms with van der Waals surface area (Å²) in [5.41, 5.74) is 1.89. The van der Waals surface area contributed by atoms with Crippen LogP contribution in [0.3, 0.4) is 0 Å². The third kappa shape index (κ3) is 4.18. The Labute approximate surface area is 149 Å². The Kier molecular flexibility index (Phi) is 5.17. The molecule has 0 aliphatic rings. The summed E-state index contributed by atoms with van der Waals surface area (Å²) in [4.78, 5) is 20.1. The first-order valence-corrected chi connectivity index (χ1v) is 7.90. The van der Waals surface area contributed by atoms with Gasteiger partial charge in [0.25, 0.3) is 5.91 Å². The predicted octanol–water partition coefficient (Wildman–Crippen LogP) is 3.74.